The van der Waals surface area contributed by atoms with Crippen LogP contribution in [0, 0.1) is 13.8 Å². The molecule has 0 aliphatic rings. The summed E-state index contributed by atoms with van der Waals surface area (Å²) >= 11 is 0. The highest BCUT2D eigenvalue weighted by molar-refractivity contribution is 6.06. The van der Waals surface area contributed by atoms with Crippen LogP contribution < -0.4 is 11.1 Å². The number of nitrogen functional groups attached to an aromatic ring is 1. The van der Waals surface area contributed by atoms with Gasteiger partial charge in [-0.05, 0) is 49.2 Å². The van der Waals surface area contributed by atoms with Gasteiger partial charge in [0.15, 0.2) is 0 Å². The van der Waals surface area contributed by atoms with Gasteiger partial charge in [-0.2, -0.15) is 0 Å². The Hall–Kier alpha value is -2.49. The quantitative estimate of drug-likeness (QED) is 0.723. The molecule has 0 unspecified atom stereocenters. The molecule has 0 bridgehead atoms. The van der Waals surface area contributed by atoms with E-state index >= 15 is 0 Å². The second-order valence-corrected chi connectivity index (χ2v) is 4.50. The predicted octanol–water partition coefficient (Wildman–Crippen LogP) is 2.84. The fourth-order valence-corrected chi connectivity index (χ4v) is 1.86. The molecular weight excluding hydrogens is 240 g/mol. The maximum Gasteiger partial charge on any atom is 0.259 e. The predicted molar refractivity (Wildman–Crippen MR) is 76.4 cm³/mol. The molecule has 0 heterocycles. The van der Waals surface area contributed by atoms with Gasteiger partial charge in [0, 0.05) is 11.4 Å². The first-order valence-corrected chi connectivity index (χ1v) is 5.95. The lowest BCUT2D eigenvalue weighted by molar-refractivity contribution is 0.102. The standard InChI is InChI=1S/C15H16N2O2/c1-9-4-3-5-12(14(9)18)15(19)17-13-7-6-11(16)8-10(13)2/h3-8,18H,16H2,1-2H3,(H,17,19). The van der Waals surface area contributed by atoms with Crippen LogP contribution in [0.3, 0.4) is 0 Å². The Bertz CT molecular complexity index is 636. The number of amides is 1. The molecule has 0 spiro atoms. The molecule has 0 saturated heterocycles. The molecule has 0 atom stereocenters. The highest BCUT2D eigenvalue weighted by atomic mass is 16.3. The van der Waals surface area contributed by atoms with E-state index in [4.69, 9.17) is 5.73 Å². The lowest BCUT2D eigenvalue weighted by Crippen LogP contribution is -2.13. The third-order valence-corrected chi connectivity index (χ3v) is 2.98. The van der Waals surface area contributed by atoms with Gasteiger partial charge in [0.1, 0.15) is 5.75 Å². The van der Waals surface area contributed by atoms with Crippen molar-refractivity contribution in [1.82, 2.24) is 0 Å². The Labute approximate surface area is 111 Å². The van der Waals surface area contributed by atoms with Crippen molar-refractivity contribution < 1.29 is 9.90 Å². The third-order valence-electron chi connectivity index (χ3n) is 2.98. The molecule has 4 N–H and O–H groups in total. The van der Waals surface area contributed by atoms with E-state index in [2.05, 4.69) is 5.32 Å². The van der Waals surface area contributed by atoms with Crippen molar-refractivity contribution in [2.24, 2.45) is 0 Å². The van der Waals surface area contributed by atoms with Crippen molar-refractivity contribution >= 4 is 17.3 Å². The molecule has 1 amide bonds. The van der Waals surface area contributed by atoms with Crippen LogP contribution in [-0.4, -0.2) is 11.0 Å². The number of carbonyl (C=O) groups excluding carboxylic acids is 1. The number of anilines is 2. The number of rotatable bonds is 2. The van der Waals surface area contributed by atoms with Gasteiger partial charge in [-0.3, -0.25) is 4.79 Å². The molecule has 4 nitrogen and oxygen atoms in total. The van der Waals surface area contributed by atoms with E-state index in [-0.39, 0.29) is 17.2 Å². The van der Waals surface area contributed by atoms with Crippen LogP contribution in [0.25, 0.3) is 0 Å². The summed E-state index contributed by atoms with van der Waals surface area (Å²) in [6.45, 7) is 3.61. The van der Waals surface area contributed by atoms with Crippen LogP contribution in [0.2, 0.25) is 0 Å². The minimum Gasteiger partial charge on any atom is -0.507 e. The van der Waals surface area contributed by atoms with Gasteiger partial charge in [-0.15, -0.1) is 0 Å². The Kier molecular flexibility index (Phi) is 3.42. The number of carbonyl (C=O) groups is 1. The first-order chi connectivity index (χ1) is 8.99. The van der Waals surface area contributed by atoms with Crippen LogP contribution in [0.5, 0.6) is 5.75 Å². The minimum absolute atomic E-state index is 0.00750. The summed E-state index contributed by atoms with van der Waals surface area (Å²) < 4.78 is 0. The summed E-state index contributed by atoms with van der Waals surface area (Å²) in [7, 11) is 0. The molecule has 0 fully saturated rings. The van der Waals surface area contributed by atoms with Crippen molar-refractivity contribution in [3.63, 3.8) is 0 Å². The molecule has 19 heavy (non-hydrogen) atoms. The number of hydrogen-bond donors (Lipinski definition) is 3. The van der Waals surface area contributed by atoms with Crippen molar-refractivity contribution in [3.8, 4) is 5.75 Å². The summed E-state index contributed by atoms with van der Waals surface area (Å²) in [5.41, 5.74) is 8.79. The number of para-hydroxylation sites is 1. The van der Waals surface area contributed by atoms with E-state index < -0.39 is 0 Å². The zero-order valence-corrected chi connectivity index (χ0v) is 10.9. The topological polar surface area (TPSA) is 75.3 Å². The van der Waals surface area contributed by atoms with Crippen LogP contribution >= 0.6 is 0 Å². The number of benzene rings is 2. The molecular formula is C15H16N2O2. The smallest absolute Gasteiger partial charge is 0.259 e. The zero-order chi connectivity index (χ0) is 14.0. The Morgan fingerprint density at radius 1 is 1.16 bits per heavy atom. The Morgan fingerprint density at radius 2 is 1.89 bits per heavy atom. The van der Waals surface area contributed by atoms with Gasteiger partial charge in [0.25, 0.3) is 5.91 Å². The molecule has 0 radical (unpaired) electrons. The maximum atomic E-state index is 12.1. The van der Waals surface area contributed by atoms with Gasteiger partial charge < -0.3 is 16.2 Å². The van der Waals surface area contributed by atoms with E-state index in [9.17, 15) is 9.90 Å². The zero-order valence-electron chi connectivity index (χ0n) is 10.9. The van der Waals surface area contributed by atoms with Crippen LogP contribution in [0.1, 0.15) is 21.5 Å². The average Bonchev–Trinajstić information content (AvgIpc) is 2.36. The molecule has 2 aromatic carbocycles. The van der Waals surface area contributed by atoms with Crippen LogP contribution in [0.15, 0.2) is 36.4 Å². The molecule has 0 aliphatic carbocycles. The SMILES string of the molecule is Cc1cc(N)ccc1NC(=O)c1cccc(C)c1O. The number of aryl methyl sites for hydroxylation is 2. The van der Waals surface area contributed by atoms with Crippen molar-refractivity contribution in [2.75, 3.05) is 11.1 Å². The fraction of sp³-hybridized carbons (Fsp3) is 0.133. The number of hydrogen-bond acceptors (Lipinski definition) is 3. The molecule has 98 valence electrons. The van der Waals surface area contributed by atoms with E-state index in [1.165, 1.54) is 0 Å². The second kappa shape index (κ2) is 5.02. The largest absolute Gasteiger partial charge is 0.507 e. The monoisotopic (exact) mass is 256 g/mol. The summed E-state index contributed by atoms with van der Waals surface area (Å²) in [6, 6.07) is 10.3. The van der Waals surface area contributed by atoms with Gasteiger partial charge in [0.2, 0.25) is 0 Å². The normalized spacial score (nSPS) is 10.2. The third kappa shape index (κ3) is 2.68. The number of phenols is 1. The van der Waals surface area contributed by atoms with Crippen molar-refractivity contribution in [3.05, 3.63) is 53.1 Å². The van der Waals surface area contributed by atoms with Gasteiger partial charge >= 0.3 is 0 Å². The molecule has 0 aliphatic heterocycles. The second-order valence-electron chi connectivity index (χ2n) is 4.50. The first kappa shape index (κ1) is 13.0. The number of nitrogens with one attached hydrogen (secondary N) is 1. The van der Waals surface area contributed by atoms with E-state index in [1.54, 1.807) is 43.3 Å². The number of aromatic hydroxyl groups is 1. The molecule has 0 aromatic heterocycles. The summed E-state index contributed by atoms with van der Waals surface area (Å²) in [6.07, 6.45) is 0. The van der Waals surface area contributed by atoms with Crippen LogP contribution in [0.4, 0.5) is 11.4 Å². The van der Waals surface area contributed by atoms with Gasteiger partial charge in [-0.1, -0.05) is 12.1 Å². The van der Waals surface area contributed by atoms with E-state index in [1.807, 2.05) is 6.92 Å². The Morgan fingerprint density at radius 3 is 2.58 bits per heavy atom. The number of phenolic OH excluding ortho intramolecular Hbond substituents is 1. The summed E-state index contributed by atoms with van der Waals surface area (Å²) in [5.74, 6) is -0.331. The summed E-state index contributed by atoms with van der Waals surface area (Å²) in [5, 5.41) is 12.6. The molecule has 4 heteroatoms. The summed E-state index contributed by atoms with van der Waals surface area (Å²) in [4.78, 5) is 12.1. The number of nitrogens with two attached hydrogens (primary N) is 1. The maximum absolute atomic E-state index is 12.1. The molecule has 2 aromatic rings. The van der Waals surface area contributed by atoms with Crippen molar-refractivity contribution in [1.29, 1.82) is 0 Å². The van der Waals surface area contributed by atoms with Crippen molar-refractivity contribution in [2.45, 2.75) is 13.8 Å². The first-order valence-electron chi connectivity index (χ1n) is 5.95. The lowest BCUT2D eigenvalue weighted by atomic mass is 10.1. The van der Waals surface area contributed by atoms with Gasteiger partial charge in [0.05, 0.1) is 5.56 Å². The van der Waals surface area contributed by atoms with Crippen LogP contribution in [-0.2, 0) is 0 Å². The molecule has 2 rings (SSSR count). The fourth-order valence-electron chi connectivity index (χ4n) is 1.86. The minimum atomic E-state index is -0.339. The molecule has 0 saturated carbocycles. The highest BCUT2D eigenvalue weighted by Crippen LogP contribution is 2.24. The van der Waals surface area contributed by atoms with Gasteiger partial charge in [-0.25, -0.2) is 0 Å². The lowest BCUT2D eigenvalue weighted by Gasteiger charge is -2.10. The highest BCUT2D eigenvalue weighted by Gasteiger charge is 2.13. The van der Waals surface area contributed by atoms with E-state index in [0.29, 0.717) is 16.9 Å². The average molecular weight is 256 g/mol. The Balaban J connectivity index is 2.28. The van der Waals surface area contributed by atoms with E-state index in [0.717, 1.165) is 5.56 Å².